The smallest absolute Gasteiger partial charge is 0.284 e. The molecule has 0 bridgehead atoms. The molecule has 0 saturated heterocycles. The van der Waals surface area contributed by atoms with Crippen LogP contribution in [-0.4, -0.2) is 25.7 Å². The zero-order valence-electron chi connectivity index (χ0n) is 15.3. The van der Waals surface area contributed by atoms with Gasteiger partial charge in [-0.1, -0.05) is 46.3 Å². The molecule has 0 spiro atoms. The molecule has 0 fully saturated rings. The van der Waals surface area contributed by atoms with Gasteiger partial charge in [0.25, 0.3) is 10.0 Å². The topological polar surface area (TPSA) is 75.9 Å². The van der Waals surface area contributed by atoms with Gasteiger partial charge in [0.15, 0.2) is 11.6 Å². The molecule has 0 unspecified atom stereocenters. The fourth-order valence-electron chi connectivity index (χ4n) is 2.61. The highest BCUT2D eigenvalue weighted by molar-refractivity contribution is 9.10. The minimum Gasteiger partial charge on any atom is -0.289 e. The lowest BCUT2D eigenvalue weighted by Crippen LogP contribution is -2.13. The molecule has 1 aliphatic rings. The molecule has 1 aliphatic carbocycles. The molecule has 0 radical (unpaired) electrons. The van der Waals surface area contributed by atoms with Crippen LogP contribution in [0.4, 0.5) is 0 Å². The van der Waals surface area contributed by atoms with Crippen LogP contribution in [0.2, 0.25) is 0 Å². The van der Waals surface area contributed by atoms with Gasteiger partial charge in [-0.05, 0) is 61.4 Å². The van der Waals surface area contributed by atoms with Crippen molar-refractivity contribution in [3.63, 3.8) is 0 Å². The molecule has 0 heterocycles. The number of ketones is 1. The Morgan fingerprint density at radius 2 is 1.46 bits per heavy atom. The number of aliphatic imine (C=N–C) groups is 1. The summed E-state index contributed by atoms with van der Waals surface area (Å²) in [6, 6.07) is 15.1. The van der Waals surface area contributed by atoms with Gasteiger partial charge in [0.2, 0.25) is 0 Å². The van der Waals surface area contributed by atoms with Gasteiger partial charge in [-0.3, -0.25) is 4.79 Å². The molecule has 0 aliphatic heterocycles. The Hall–Kier alpha value is -2.64. The molecule has 7 heteroatoms. The lowest BCUT2D eigenvalue weighted by Gasteiger charge is -2.10. The summed E-state index contributed by atoms with van der Waals surface area (Å²) in [5.41, 5.74) is 2.12. The fourth-order valence-corrected chi connectivity index (χ4v) is 3.84. The second-order valence-corrected chi connectivity index (χ2v) is 8.75. The highest BCUT2D eigenvalue weighted by Gasteiger charge is 2.18. The van der Waals surface area contributed by atoms with Crippen molar-refractivity contribution in [1.82, 2.24) is 0 Å². The van der Waals surface area contributed by atoms with E-state index in [2.05, 4.69) is 25.3 Å². The van der Waals surface area contributed by atoms with E-state index in [-0.39, 0.29) is 16.5 Å². The highest BCUT2D eigenvalue weighted by Crippen LogP contribution is 2.19. The molecule has 0 amide bonds. The number of carbonyl (C=O) groups is 1. The Bertz CT molecular complexity index is 1120. The van der Waals surface area contributed by atoms with Gasteiger partial charge in [0.1, 0.15) is 0 Å². The summed E-state index contributed by atoms with van der Waals surface area (Å²) in [7, 11) is -3.96. The van der Waals surface area contributed by atoms with Gasteiger partial charge in [-0.15, -0.1) is 4.40 Å². The average Bonchev–Trinajstić information content (AvgIpc) is 2.66. The third kappa shape index (κ3) is 4.61. The number of benzene rings is 2. The van der Waals surface area contributed by atoms with E-state index in [0.29, 0.717) is 22.4 Å². The third-order valence-electron chi connectivity index (χ3n) is 4.03. The van der Waals surface area contributed by atoms with Crippen LogP contribution in [-0.2, 0) is 14.8 Å². The molecule has 2 aromatic carbocycles. The first-order valence-electron chi connectivity index (χ1n) is 8.42. The summed E-state index contributed by atoms with van der Waals surface area (Å²) < 4.78 is 30.3. The van der Waals surface area contributed by atoms with Crippen LogP contribution in [0.1, 0.15) is 19.4 Å². The van der Waals surface area contributed by atoms with E-state index in [1.54, 1.807) is 62.4 Å². The zero-order chi connectivity index (χ0) is 20.3. The van der Waals surface area contributed by atoms with Crippen molar-refractivity contribution in [3.05, 3.63) is 87.9 Å². The van der Waals surface area contributed by atoms with Crippen molar-refractivity contribution in [2.24, 2.45) is 9.39 Å². The average molecular weight is 457 g/mol. The SMILES string of the molecule is CC1=CC(=N/C(=N\S(=O)(=O)c2ccc(Br)cc2)c2ccccc2)C=C(C)C1=O. The standard InChI is InChI=1S/C21H17BrN2O3S/c1-14-12-18(13-15(2)20(14)25)23-21(16-6-4-3-5-7-16)24-28(26,27)19-10-8-17(22)9-11-19/h3-13H,1-2H3/b24-21-. The number of Topliss-reactive ketones (excluding diaryl/α,β-unsaturated/α-hetero) is 1. The maximum atomic E-state index is 12.8. The molecular formula is C21H17BrN2O3S. The minimum atomic E-state index is -3.96. The molecule has 5 nitrogen and oxygen atoms in total. The summed E-state index contributed by atoms with van der Waals surface area (Å²) in [6.45, 7) is 3.40. The Balaban J connectivity index is 2.14. The van der Waals surface area contributed by atoms with Crippen LogP contribution in [0, 0.1) is 0 Å². The van der Waals surface area contributed by atoms with Gasteiger partial charge >= 0.3 is 0 Å². The van der Waals surface area contributed by atoms with Crippen molar-refractivity contribution >= 4 is 43.3 Å². The van der Waals surface area contributed by atoms with Crippen molar-refractivity contribution in [2.75, 3.05) is 0 Å². The number of allylic oxidation sites excluding steroid dienone is 4. The summed E-state index contributed by atoms with van der Waals surface area (Å²) >= 11 is 3.29. The van der Waals surface area contributed by atoms with E-state index in [1.807, 2.05) is 6.07 Å². The quantitative estimate of drug-likeness (QED) is 0.387. The first-order valence-corrected chi connectivity index (χ1v) is 10.7. The minimum absolute atomic E-state index is 0.0559. The normalized spacial score (nSPS) is 15.2. The number of sulfonamides is 1. The Morgan fingerprint density at radius 3 is 2.04 bits per heavy atom. The van der Waals surface area contributed by atoms with Crippen LogP contribution in [0.15, 0.2) is 96.7 Å². The molecule has 0 N–H and O–H groups in total. The van der Waals surface area contributed by atoms with Crippen LogP contribution >= 0.6 is 15.9 Å². The maximum absolute atomic E-state index is 12.8. The number of hydrogen-bond donors (Lipinski definition) is 0. The van der Waals surface area contributed by atoms with Gasteiger partial charge in [-0.25, -0.2) is 4.99 Å². The first kappa shape index (κ1) is 20.1. The predicted molar refractivity (Wildman–Crippen MR) is 114 cm³/mol. The predicted octanol–water partition coefficient (Wildman–Crippen LogP) is 4.50. The van der Waals surface area contributed by atoms with Crippen molar-refractivity contribution in [1.29, 1.82) is 0 Å². The Labute approximate surface area is 172 Å². The second-order valence-electron chi connectivity index (χ2n) is 6.23. The van der Waals surface area contributed by atoms with Crippen molar-refractivity contribution in [3.8, 4) is 0 Å². The zero-order valence-corrected chi connectivity index (χ0v) is 17.7. The summed E-state index contributed by atoms with van der Waals surface area (Å²) in [5, 5.41) is 0. The number of nitrogens with zero attached hydrogens (tertiary/aromatic N) is 2. The van der Waals surface area contributed by atoms with E-state index in [1.165, 1.54) is 12.1 Å². The summed E-state index contributed by atoms with van der Waals surface area (Å²) in [6.07, 6.45) is 3.25. The van der Waals surface area contributed by atoms with E-state index in [4.69, 9.17) is 0 Å². The molecule has 28 heavy (non-hydrogen) atoms. The molecule has 0 saturated carbocycles. The van der Waals surface area contributed by atoms with Gasteiger partial charge in [0.05, 0.1) is 10.6 Å². The van der Waals surface area contributed by atoms with Crippen LogP contribution in [0.25, 0.3) is 0 Å². The molecular weight excluding hydrogens is 440 g/mol. The van der Waals surface area contributed by atoms with Crippen molar-refractivity contribution in [2.45, 2.75) is 18.7 Å². The number of carbonyl (C=O) groups excluding carboxylic acids is 1. The second kappa shape index (κ2) is 8.16. The monoisotopic (exact) mass is 456 g/mol. The van der Waals surface area contributed by atoms with Crippen LogP contribution in [0.3, 0.4) is 0 Å². The van der Waals surface area contributed by atoms with E-state index >= 15 is 0 Å². The number of halogens is 1. The largest absolute Gasteiger partial charge is 0.289 e. The molecule has 142 valence electrons. The van der Waals surface area contributed by atoms with E-state index in [9.17, 15) is 13.2 Å². The Kier molecular flexibility index (Phi) is 5.86. The molecule has 0 atom stereocenters. The van der Waals surface area contributed by atoms with Crippen molar-refractivity contribution < 1.29 is 13.2 Å². The van der Waals surface area contributed by atoms with E-state index in [0.717, 1.165) is 4.47 Å². The van der Waals surface area contributed by atoms with Gasteiger partial charge in [0, 0.05) is 10.0 Å². The van der Waals surface area contributed by atoms with Crippen LogP contribution < -0.4 is 0 Å². The van der Waals surface area contributed by atoms with Gasteiger partial charge < -0.3 is 0 Å². The maximum Gasteiger partial charge on any atom is 0.284 e. The summed E-state index contributed by atoms with van der Waals surface area (Å²) in [5.74, 6) is 0.000557. The molecule has 3 rings (SSSR count). The van der Waals surface area contributed by atoms with E-state index < -0.39 is 10.0 Å². The lowest BCUT2D eigenvalue weighted by atomic mass is 9.98. The van der Waals surface area contributed by atoms with Crippen LogP contribution in [0.5, 0.6) is 0 Å². The Morgan fingerprint density at radius 1 is 0.893 bits per heavy atom. The summed E-state index contributed by atoms with van der Waals surface area (Å²) in [4.78, 5) is 16.5. The molecule has 0 aromatic heterocycles. The first-order chi connectivity index (χ1) is 13.3. The molecule has 2 aromatic rings. The number of rotatable bonds is 3. The third-order valence-corrected chi connectivity index (χ3v) is 5.84. The highest BCUT2D eigenvalue weighted by atomic mass is 79.9. The lowest BCUT2D eigenvalue weighted by molar-refractivity contribution is -0.112. The number of hydrogen-bond acceptors (Lipinski definition) is 3. The van der Waals surface area contributed by atoms with Gasteiger partial charge in [-0.2, -0.15) is 8.42 Å². The fraction of sp³-hybridized carbons (Fsp3) is 0.0952. The number of amidine groups is 1.